The van der Waals surface area contributed by atoms with Crippen molar-refractivity contribution in [2.24, 2.45) is 0 Å². The van der Waals surface area contributed by atoms with Crippen LogP contribution in [0.15, 0.2) is 42.5 Å². The van der Waals surface area contributed by atoms with Gasteiger partial charge in [-0.3, -0.25) is 0 Å². The molecule has 27 heavy (non-hydrogen) atoms. The molecule has 1 aliphatic carbocycles. The Hall–Kier alpha value is -2.42. The maximum Gasteiger partial charge on any atom is 0.335 e. The van der Waals surface area contributed by atoms with Crippen molar-refractivity contribution in [3.63, 3.8) is 0 Å². The number of aromatic carboxylic acids is 1. The van der Waals surface area contributed by atoms with E-state index in [1.165, 1.54) is 35.4 Å². The van der Waals surface area contributed by atoms with Crippen molar-refractivity contribution in [3.8, 4) is 0 Å². The average molecular weight is 366 g/mol. The second-order valence-corrected chi connectivity index (χ2v) is 8.85. The van der Waals surface area contributed by atoms with Gasteiger partial charge in [-0.25, -0.2) is 9.18 Å². The number of carboxylic acids is 1. The molecule has 142 valence electrons. The lowest BCUT2D eigenvalue weighted by Gasteiger charge is -2.42. The zero-order valence-electron chi connectivity index (χ0n) is 16.7. The minimum Gasteiger partial charge on any atom is -0.478 e. The van der Waals surface area contributed by atoms with E-state index >= 15 is 4.39 Å². The molecule has 0 aliphatic heterocycles. The Morgan fingerprint density at radius 3 is 1.89 bits per heavy atom. The van der Waals surface area contributed by atoms with Crippen LogP contribution in [-0.2, 0) is 10.8 Å². The Bertz CT molecular complexity index is 918. The number of halogens is 1. The lowest BCUT2D eigenvalue weighted by Crippen LogP contribution is -2.33. The summed E-state index contributed by atoms with van der Waals surface area (Å²) in [5.74, 6) is -1.33. The van der Waals surface area contributed by atoms with Crippen molar-refractivity contribution in [2.45, 2.75) is 58.3 Å². The number of carboxylic acid groups (broad SMARTS) is 1. The fraction of sp³-hybridized carbons (Fsp3) is 0.375. The summed E-state index contributed by atoms with van der Waals surface area (Å²) >= 11 is 0. The highest BCUT2D eigenvalue weighted by Crippen LogP contribution is 2.46. The molecule has 0 amide bonds. The summed E-state index contributed by atoms with van der Waals surface area (Å²) in [4.78, 5) is 11.0. The number of carbonyl (C=O) groups is 1. The van der Waals surface area contributed by atoms with Crippen LogP contribution in [0.4, 0.5) is 4.39 Å². The first-order valence-corrected chi connectivity index (χ1v) is 9.38. The largest absolute Gasteiger partial charge is 0.478 e. The minimum atomic E-state index is -1.01. The zero-order valence-corrected chi connectivity index (χ0v) is 16.7. The average Bonchev–Trinajstić information content (AvgIpc) is 2.64. The Kier molecular flexibility index (Phi) is 4.75. The first-order valence-electron chi connectivity index (χ1n) is 9.38. The number of hydrogen-bond donors (Lipinski definition) is 1. The predicted molar refractivity (Wildman–Crippen MR) is 109 cm³/mol. The van der Waals surface area contributed by atoms with Crippen molar-refractivity contribution in [2.75, 3.05) is 0 Å². The summed E-state index contributed by atoms with van der Waals surface area (Å²) in [5, 5.41) is 9.00. The third-order valence-electron chi connectivity index (χ3n) is 6.00. The number of fused-ring (bicyclic) bond motifs is 1. The Balaban J connectivity index is 2.05. The Morgan fingerprint density at radius 2 is 1.33 bits per heavy atom. The molecule has 3 rings (SSSR count). The molecule has 1 aliphatic rings. The topological polar surface area (TPSA) is 37.3 Å². The highest BCUT2D eigenvalue weighted by molar-refractivity contribution is 5.90. The van der Waals surface area contributed by atoms with E-state index in [9.17, 15) is 4.79 Å². The van der Waals surface area contributed by atoms with E-state index in [1.807, 2.05) is 6.07 Å². The van der Waals surface area contributed by atoms with Crippen LogP contribution in [0.25, 0.3) is 11.4 Å². The van der Waals surface area contributed by atoms with E-state index in [0.29, 0.717) is 11.1 Å². The summed E-state index contributed by atoms with van der Waals surface area (Å²) in [6, 6.07) is 12.2. The van der Waals surface area contributed by atoms with E-state index in [1.54, 1.807) is 6.92 Å². The summed E-state index contributed by atoms with van der Waals surface area (Å²) in [5.41, 5.74) is 4.84. The van der Waals surface area contributed by atoms with Gasteiger partial charge in [-0.15, -0.1) is 0 Å². The van der Waals surface area contributed by atoms with Crippen LogP contribution in [0, 0.1) is 0 Å². The lowest BCUT2D eigenvalue weighted by atomic mass is 9.63. The molecule has 0 spiro atoms. The standard InChI is InChI=1S/C24H27FO2/c1-15(21(25)16-6-8-17(9-7-16)22(26)27)18-10-11-19-20(14-18)24(4,5)13-12-23(19,2)3/h6-11,14H,12-13H2,1-5H3,(H,26,27)/b21-15-. The molecular weight excluding hydrogens is 339 g/mol. The molecule has 0 saturated heterocycles. The second-order valence-electron chi connectivity index (χ2n) is 8.85. The third kappa shape index (κ3) is 3.55. The monoisotopic (exact) mass is 366 g/mol. The smallest absolute Gasteiger partial charge is 0.335 e. The molecule has 0 unspecified atom stereocenters. The van der Waals surface area contributed by atoms with Gasteiger partial charge in [0.05, 0.1) is 5.56 Å². The van der Waals surface area contributed by atoms with Crippen LogP contribution >= 0.6 is 0 Å². The highest BCUT2D eigenvalue weighted by atomic mass is 19.1. The molecule has 0 aromatic heterocycles. The maximum atomic E-state index is 15.1. The second kappa shape index (κ2) is 6.63. The fourth-order valence-corrected chi connectivity index (χ4v) is 3.92. The van der Waals surface area contributed by atoms with Crippen LogP contribution in [0.5, 0.6) is 0 Å². The van der Waals surface area contributed by atoms with Gasteiger partial charge in [0.2, 0.25) is 0 Å². The summed E-state index contributed by atoms with van der Waals surface area (Å²) in [6.07, 6.45) is 2.25. The number of benzene rings is 2. The van der Waals surface area contributed by atoms with Crippen LogP contribution in [0.1, 0.15) is 80.1 Å². The molecule has 0 fully saturated rings. The molecule has 0 radical (unpaired) electrons. The highest BCUT2D eigenvalue weighted by Gasteiger charge is 2.37. The third-order valence-corrected chi connectivity index (χ3v) is 6.00. The van der Waals surface area contributed by atoms with Crippen LogP contribution < -0.4 is 0 Å². The number of hydrogen-bond acceptors (Lipinski definition) is 1. The molecule has 2 aromatic carbocycles. The van der Waals surface area contributed by atoms with Crippen molar-refractivity contribution >= 4 is 17.4 Å². The molecule has 3 heteroatoms. The van der Waals surface area contributed by atoms with Gasteiger partial charge in [0.25, 0.3) is 0 Å². The number of rotatable bonds is 3. The molecular formula is C24H27FO2. The van der Waals surface area contributed by atoms with Crippen molar-refractivity contribution < 1.29 is 14.3 Å². The molecule has 0 bridgehead atoms. The summed E-state index contributed by atoms with van der Waals surface area (Å²) in [7, 11) is 0. The minimum absolute atomic E-state index is 0.0702. The summed E-state index contributed by atoms with van der Waals surface area (Å²) in [6.45, 7) is 10.8. The van der Waals surface area contributed by atoms with Gasteiger partial charge >= 0.3 is 5.97 Å². The molecule has 2 nitrogen and oxygen atoms in total. The first-order chi connectivity index (χ1) is 12.5. The van der Waals surface area contributed by atoms with Crippen molar-refractivity contribution in [3.05, 3.63) is 70.3 Å². The normalized spacial score (nSPS) is 18.4. The Labute approximate surface area is 160 Å². The molecule has 0 heterocycles. The molecule has 0 saturated carbocycles. The van der Waals surface area contributed by atoms with Gasteiger partial charge < -0.3 is 5.11 Å². The van der Waals surface area contributed by atoms with E-state index < -0.39 is 5.97 Å². The summed E-state index contributed by atoms with van der Waals surface area (Å²) < 4.78 is 15.1. The maximum absolute atomic E-state index is 15.1. The van der Waals surface area contributed by atoms with Crippen LogP contribution in [0.2, 0.25) is 0 Å². The van der Waals surface area contributed by atoms with Gasteiger partial charge in [-0.2, -0.15) is 0 Å². The van der Waals surface area contributed by atoms with Crippen LogP contribution in [-0.4, -0.2) is 11.1 Å². The van der Waals surface area contributed by atoms with Crippen molar-refractivity contribution in [1.29, 1.82) is 0 Å². The SMILES string of the molecule is C/C(=C(/F)c1ccc(C(=O)O)cc1)c1ccc2c(c1)C(C)(C)CCC2(C)C. The van der Waals surface area contributed by atoms with Gasteiger partial charge in [-0.05, 0) is 65.0 Å². The van der Waals surface area contributed by atoms with E-state index in [-0.39, 0.29) is 22.2 Å². The van der Waals surface area contributed by atoms with Gasteiger partial charge in [0.15, 0.2) is 0 Å². The molecule has 0 atom stereocenters. The fourth-order valence-electron chi connectivity index (χ4n) is 3.92. The number of allylic oxidation sites excluding steroid dienone is 1. The first kappa shape index (κ1) is 19.3. The Morgan fingerprint density at radius 1 is 0.852 bits per heavy atom. The van der Waals surface area contributed by atoms with E-state index in [2.05, 4.69) is 39.8 Å². The zero-order chi connectivity index (χ0) is 20.0. The lowest BCUT2D eigenvalue weighted by molar-refractivity contribution is 0.0697. The predicted octanol–water partition coefficient (Wildman–Crippen LogP) is 6.59. The van der Waals surface area contributed by atoms with Gasteiger partial charge in [-0.1, -0.05) is 58.0 Å². The molecule has 2 aromatic rings. The quantitative estimate of drug-likeness (QED) is 0.622. The van der Waals surface area contributed by atoms with Gasteiger partial charge in [0.1, 0.15) is 5.83 Å². The van der Waals surface area contributed by atoms with Crippen molar-refractivity contribution in [1.82, 2.24) is 0 Å². The van der Waals surface area contributed by atoms with E-state index in [0.717, 1.165) is 18.4 Å². The van der Waals surface area contributed by atoms with Gasteiger partial charge in [0, 0.05) is 5.56 Å². The molecule has 1 N–H and O–H groups in total. The van der Waals surface area contributed by atoms with Crippen LogP contribution in [0.3, 0.4) is 0 Å². The van der Waals surface area contributed by atoms with E-state index in [4.69, 9.17) is 5.11 Å².